The van der Waals surface area contributed by atoms with E-state index in [4.69, 9.17) is 37.5 Å². The summed E-state index contributed by atoms with van der Waals surface area (Å²) in [4.78, 5) is 8.36. The van der Waals surface area contributed by atoms with Crippen molar-refractivity contribution in [1.29, 1.82) is 0 Å². The molecule has 15 heavy (non-hydrogen) atoms. The van der Waals surface area contributed by atoms with E-state index in [1.807, 2.05) is 0 Å². The molecule has 0 atom stereocenters. The van der Waals surface area contributed by atoms with Gasteiger partial charge in [-0.15, -0.1) is 10.1 Å². The van der Waals surface area contributed by atoms with E-state index in [1.165, 1.54) is 0 Å². The number of nitrogens with zero attached hydrogens (tertiary/aromatic N) is 1. The number of ether oxygens (including phenoxy) is 1. The molecule has 1 aromatic carbocycles. The van der Waals surface area contributed by atoms with Crippen molar-refractivity contribution in [2.24, 2.45) is 5.84 Å². The summed E-state index contributed by atoms with van der Waals surface area (Å²) >= 11 is 5.76. The van der Waals surface area contributed by atoms with Crippen LogP contribution in [0, 0.1) is 10.1 Å². The van der Waals surface area contributed by atoms with Gasteiger partial charge in [0.05, 0.1) is 17.8 Å². The van der Waals surface area contributed by atoms with Crippen molar-refractivity contribution in [2.75, 3.05) is 12.5 Å². The smallest absolute Gasteiger partial charge is 0.291 e. The lowest BCUT2D eigenvalue weighted by Crippen LogP contribution is -2.07. The number of hydrazine groups is 1. The molecule has 0 aliphatic rings. The highest BCUT2D eigenvalue weighted by Gasteiger charge is 1.98. The highest BCUT2D eigenvalue weighted by molar-refractivity contribution is 6.33. The summed E-state index contributed by atoms with van der Waals surface area (Å²) in [5.41, 5.74) is 3.12. The van der Waals surface area contributed by atoms with Crippen LogP contribution >= 0.6 is 11.6 Å². The van der Waals surface area contributed by atoms with Crippen LogP contribution < -0.4 is 16.0 Å². The molecule has 0 aromatic heterocycles. The van der Waals surface area contributed by atoms with Crippen molar-refractivity contribution in [3.8, 4) is 5.75 Å². The Balaban J connectivity index is 0.000000423. The molecule has 0 amide bonds. The third-order valence-corrected chi connectivity index (χ3v) is 1.66. The molecule has 0 bridgehead atoms. The van der Waals surface area contributed by atoms with Crippen LogP contribution in [-0.4, -0.2) is 17.4 Å². The van der Waals surface area contributed by atoms with E-state index in [9.17, 15) is 0 Å². The summed E-state index contributed by atoms with van der Waals surface area (Å²) in [6, 6.07) is 5.21. The zero-order valence-electron chi connectivity index (χ0n) is 7.81. The van der Waals surface area contributed by atoms with Crippen molar-refractivity contribution in [3.05, 3.63) is 33.3 Å². The Morgan fingerprint density at radius 2 is 2.20 bits per heavy atom. The van der Waals surface area contributed by atoms with Crippen molar-refractivity contribution in [1.82, 2.24) is 0 Å². The van der Waals surface area contributed by atoms with Crippen LogP contribution in [0.3, 0.4) is 0 Å². The van der Waals surface area contributed by atoms with Gasteiger partial charge in [0, 0.05) is 6.07 Å². The normalized spacial score (nSPS) is 8.47. The molecule has 0 unspecified atom stereocenters. The fourth-order valence-electron chi connectivity index (χ4n) is 0.742. The summed E-state index contributed by atoms with van der Waals surface area (Å²) in [5.74, 6) is 5.91. The topological polar surface area (TPSA) is 111 Å². The molecule has 0 aliphatic heterocycles. The zero-order chi connectivity index (χ0) is 11.8. The number of nitrogen functional groups attached to an aromatic ring is 1. The molecule has 1 rings (SSSR count). The molecule has 0 saturated carbocycles. The van der Waals surface area contributed by atoms with Crippen LogP contribution in [0.15, 0.2) is 18.2 Å². The van der Waals surface area contributed by atoms with Crippen LogP contribution in [0.2, 0.25) is 5.02 Å². The Bertz CT molecular complexity index is 330. The minimum Gasteiger partial charge on any atom is -0.497 e. The minimum absolute atomic E-state index is 0.577. The third-order valence-electron chi connectivity index (χ3n) is 1.33. The molecule has 8 heteroatoms. The quantitative estimate of drug-likeness (QED) is 0.405. The number of nitrogens with one attached hydrogen (secondary N) is 1. The monoisotopic (exact) mass is 235 g/mol. The summed E-state index contributed by atoms with van der Waals surface area (Å²) in [6.45, 7) is 0. The lowest BCUT2D eigenvalue weighted by Gasteiger charge is -2.04. The van der Waals surface area contributed by atoms with Crippen molar-refractivity contribution in [2.45, 2.75) is 0 Å². The summed E-state index contributed by atoms with van der Waals surface area (Å²) in [7, 11) is 1.59. The average molecular weight is 236 g/mol. The second-order valence-corrected chi connectivity index (χ2v) is 2.64. The largest absolute Gasteiger partial charge is 0.497 e. The second kappa shape index (κ2) is 6.68. The lowest BCUT2D eigenvalue weighted by atomic mass is 10.3. The van der Waals surface area contributed by atoms with Gasteiger partial charge >= 0.3 is 0 Å². The van der Waals surface area contributed by atoms with Crippen LogP contribution in [0.25, 0.3) is 0 Å². The Labute approximate surface area is 90.5 Å². The Kier molecular flexibility index (Phi) is 5.91. The summed E-state index contributed by atoms with van der Waals surface area (Å²) in [5, 5.41) is 14.2. The van der Waals surface area contributed by atoms with Gasteiger partial charge in [-0.2, -0.15) is 0 Å². The standard InChI is InChI=1S/C7H9ClN2O.HNO3/c1-11-5-2-3-6(8)7(4-5)10-9;2-1(3)4/h2-4,10H,9H2,1H3;(H,2,3,4). The van der Waals surface area contributed by atoms with E-state index in [2.05, 4.69) is 5.43 Å². The van der Waals surface area contributed by atoms with Crippen LogP contribution in [0.1, 0.15) is 0 Å². The fraction of sp³-hybridized carbons (Fsp3) is 0.143. The maximum absolute atomic E-state index is 8.36. The molecular formula is C7H10ClN3O4. The highest BCUT2D eigenvalue weighted by Crippen LogP contribution is 2.25. The molecule has 0 heterocycles. The highest BCUT2D eigenvalue weighted by atomic mass is 35.5. The number of benzene rings is 1. The first-order chi connectivity index (χ1) is 7.01. The molecule has 7 nitrogen and oxygen atoms in total. The van der Waals surface area contributed by atoms with Crippen molar-refractivity contribution >= 4 is 17.3 Å². The van der Waals surface area contributed by atoms with Gasteiger partial charge in [-0.3, -0.25) is 5.84 Å². The van der Waals surface area contributed by atoms with Gasteiger partial charge in [0.2, 0.25) is 0 Å². The summed E-state index contributed by atoms with van der Waals surface area (Å²) < 4.78 is 4.96. The number of hydrogen-bond acceptors (Lipinski definition) is 5. The number of nitrogens with two attached hydrogens (primary N) is 1. The number of anilines is 1. The Morgan fingerprint density at radius 3 is 2.60 bits per heavy atom. The summed E-state index contributed by atoms with van der Waals surface area (Å²) in [6.07, 6.45) is 0. The first-order valence-electron chi connectivity index (χ1n) is 3.64. The van der Waals surface area contributed by atoms with Gasteiger partial charge in [0.25, 0.3) is 5.09 Å². The SMILES string of the molecule is COc1ccc(Cl)c(NN)c1.O=[N+]([O-])O. The zero-order valence-corrected chi connectivity index (χ0v) is 8.56. The third kappa shape index (κ3) is 5.55. The number of halogens is 1. The first kappa shape index (κ1) is 13.3. The van der Waals surface area contributed by atoms with Gasteiger partial charge in [-0.25, -0.2) is 0 Å². The van der Waals surface area contributed by atoms with Gasteiger partial charge in [0.1, 0.15) is 5.75 Å². The van der Waals surface area contributed by atoms with E-state index in [0.717, 1.165) is 5.75 Å². The molecule has 1 aromatic rings. The molecule has 0 fully saturated rings. The second-order valence-electron chi connectivity index (χ2n) is 2.23. The minimum atomic E-state index is -1.50. The number of hydrogen-bond donors (Lipinski definition) is 3. The predicted octanol–water partition coefficient (Wildman–Crippen LogP) is 1.29. The average Bonchev–Trinajstić information content (AvgIpc) is 2.18. The van der Waals surface area contributed by atoms with E-state index in [1.54, 1.807) is 25.3 Å². The molecule has 84 valence electrons. The number of methoxy groups -OCH3 is 1. The van der Waals surface area contributed by atoms with Gasteiger partial charge < -0.3 is 15.4 Å². The number of rotatable bonds is 2. The van der Waals surface area contributed by atoms with Gasteiger partial charge in [-0.05, 0) is 12.1 Å². The van der Waals surface area contributed by atoms with E-state index in [-0.39, 0.29) is 0 Å². The molecule has 0 spiro atoms. The first-order valence-corrected chi connectivity index (χ1v) is 4.02. The van der Waals surface area contributed by atoms with Crippen molar-refractivity contribution in [3.63, 3.8) is 0 Å². The maximum atomic E-state index is 8.36. The molecule has 0 radical (unpaired) electrons. The van der Waals surface area contributed by atoms with Crippen LogP contribution in [-0.2, 0) is 0 Å². The Hall–Kier alpha value is -1.73. The molecule has 0 aliphatic carbocycles. The van der Waals surface area contributed by atoms with Crippen LogP contribution in [0.5, 0.6) is 5.75 Å². The molecular weight excluding hydrogens is 226 g/mol. The maximum Gasteiger partial charge on any atom is 0.291 e. The molecule has 4 N–H and O–H groups in total. The predicted molar refractivity (Wildman–Crippen MR) is 54.6 cm³/mol. The van der Waals surface area contributed by atoms with E-state index in [0.29, 0.717) is 10.7 Å². The van der Waals surface area contributed by atoms with Gasteiger partial charge in [-0.1, -0.05) is 11.6 Å². The fourth-order valence-corrected chi connectivity index (χ4v) is 0.914. The van der Waals surface area contributed by atoms with Gasteiger partial charge in [0.15, 0.2) is 0 Å². The van der Waals surface area contributed by atoms with E-state index < -0.39 is 5.09 Å². The van der Waals surface area contributed by atoms with Crippen molar-refractivity contribution < 1.29 is 15.0 Å². The molecule has 0 saturated heterocycles. The Morgan fingerprint density at radius 1 is 1.67 bits per heavy atom. The van der Waals surface area contributed by atoms with E-state index >= 15 is 0 Å². The lowest BCUT2D eigenvalue weighted by molar-refractivity contribution is -0.742. The van der Waals surface area contributed by atoms with Crippen LogP contribution in [0.4, 0.5) is 5.69 Å².